The van der Waals surface area contributed by atoms with Crippen molar-refractivity contribution in [3.05, 3.63) is 30.9 Å². The lowest BCUT2D eigenvalue weighted by molar-refractivity contribution is 0.240. The van der Waals surface area contributed by atoms with Crippen LogP contribution in [-0.2, 0) is 0 Å². The third kappa shape index (κ3) is 2.68. The third-order valence-corrected chi connectivity index (χ3v) is 2.66. The van der Waals surface area contributed by atoms with Crippen molar-refractivity contribution < 1.29 is 4.79 Å². The molecule has 0 fully saturated rings. The van der Waals surface area contributed by atoms with Crippen LogP contribution in [0.15, 0.2) is 30.9 Å². The second-order valence-corrected chi connectivity index (χ2v) is 3.81. The van der Waals surface area contributed by atoms with Crippen molar-refractivity contribution in [2.24, 2.45) is 5.92 Å². The van der Waals surface area contributed by atoms with E-state index in [0.717, 1.165) is 19.4 Å². The fourth-order valence-corrected chi connectivity index (χ4v) is 1.74. The Hall–Kier alpha value is -1.58. The van der Waals surface area contributed by atoms with Gasteiger partial charge in [0.15, 0.2) is 0 Å². The predicted octanol–water partition coefficient (Wildman–Crippen LogP) is 1.80. The molecule has 1 heterocycles. The average molecular weight is 205 g/mol. The first-order valence-corrected chi connectivity index (χ1v) is 5.27. The fraction of sp³-hybridized carbons (Fsp3) is 0.455. The molecule has 1 amide bonds. The van der Waals surface area contributed by atoms with E-state index >= 15 is 0 Å². The molecule has 4 heteroatoms. The molecular formula is C11H15N3O. The lowest BCUT2D eigenvalue weighted by Crippen LogP contribution is -2.32. The topological polar surface area (TPSA) is 46.9 Å². The molecule has 0 radical (unpaired) electrons. The Morgan fingerprint density at radius 1 is 1.53 bits per heavy atom. The minimum Gasteiger partial charge on any atom is -0.337 e. The Kier molecular flexibility index (Phi) is 3.17. The first-order valence-electron chi connectivity index (χ1n) is 5.27. The van der Waals surface area contributed by atoms with E-state index in [1.165, 1.54) is 17.3 Å². The van der Waals surface area contributed by atoms with Gasteiger partial charge in [-0.3, -0.25) is 4.57 Å². The number of rotatable bonds is 2. The molecule has 15 heavy (non-hydrogen) atoms. The third-order valence-electron chi connectivity index (χ3n) is 2.66. The molecule has 1 N–H and O–H groups in total. The number of carbonyl (C=O) groups is 1. The van der Waals surface area contributed by atoms with Gasteiger partial charge in [-0.25, -0.2) is 9.78 Å². The Morgan fingerprint density at radius 3 is 3.13 bits per heavy atom. The van der Waals surface area contributed by atoms with Gasteiger partial charge in [-0.05, 0) is 25.2 Å². The number of nitrogens with zero attached hydrogens (tertiary/aromatic N) is 2. The number of hydrogen-bond donors (Lipinski definition) is 1. The minimum absolute atomic E-state index is 0.0953. The molecule has 0 saturated heterocycles. The molecule has 2 rings (SSSR count). The molecule has 0 aromatic carbocycles. The van der Waals surface area contributed by atoms with Gasteiger partial charge in [-0.2, -0.15) is 0 Å². The van der Waals surface area contributed by atoms with Crippen LogP contribution in [0.2, 0.25) is 0 Å². The molecule has 80 valence electrons. The van der Waals surface area contributed by atoms with Gasteiger partial charge in [0.25, 0.3) is 0 Å². The van der Waals surface area contributed by atoms with Crippen molar-refractivity contribution in [3.63, 3.8) is 0 Å². The second-order valence-electron chi connectivity index (χ2n) is 3.81. The van der Waals surface area contributed by atoms with E-state index in [1.807, 2.05) is 0 Å². The van der Waals surface area contributed by atoms with Gasteiger partial charge in [0.05, 0.1) is 0 Å². The molecule has 1 aliphatic rings. The highest BCUT2D eigenvalue weighted by atomic mass is 16.2. The Bertz CT molecular complexity index is 343. The molecular weight excluding hydrogens is 190 g/mol. The molecule has 1 aliphatic carbocycles. The predicted molar refractivity (Wildman–Crippen MR) is 57.5 cm³/mol. The summed E-state index contributed by atoms with van der Waals surface area (Å²) < 4.78 is 1.46. The summed E-state index contributed by atoms with van der Waals surface area (Å²) in [5.74, 6) is 0.586. The summed E-state index contributed by atoms with van der Waals surface area (Å²) in [5, 5.41) is 2.90. The molecule has 1 aromatic heterocycles. The van der Waals surface area contributed by atoms with Crippen LogP contribution in [0.1, 0.15) is 19.3 Å². The highest BCUT2D eigenvalue weighted by Crippen LogP contribution is 2.16. The monoisotopic (exact) mass is 205 g/mol. The molecule has 1 aromatic rings. The van der Waals surface area contributed by atoms with E-state index in [2.05, 4.69) is 22.5 Å². The summed E-state index contributed by atoms with van der Waals surface area (Å²) in [6.07, 6.45) is 12.5. The Labute approximate surface area is 89.0 Å². The van der Waals surface area contributed by atoms with Gasteiger partial charge in [0, 0.05) is 18.9 Å². The minimum atomic E-state index is -0.0953. The van der Waals surface area contributed by atoms with Gasteiger partial charge in [0.1, 0.15) is 6.33 Å². The SMILES string of the molecule is O=C(NCC1CC=CCC1)n1ccnc1. The molecule has 0 aliphatic heterocycles. The normalized spacial score (nSPS) is 20.1. The van der Waals surface area contributed by atoms with Gasteiger partial charge < -0.3 is 5.32 Å². The van der Waals surface area contributed by atoms with Crippen LogP contribution in [0.25, 0.3) is 0 Å². The Morgan fingerprint density at radius 2 is 2.47 bits per heavy atom. The number of aromatic nitrogens is 2. The zero-order valence-electron chi connectivity index (χ0n) is 8.60. The Balaban J connectivity index is 1.78. The molecule has 0 saturated carbocycles. The van der Waals surface area contributed by atoms with Crippen molar-refractivity contribution in [2.75, 3.05) is 6.54 Å². The first-order chi connectivity index (χ1) is 7.36. The van der Waals surface area contributed by atoms with E-state index in [0.29, 0.717) is 5.92 Å². The lowest BCUT2D eigenvalue weighted by atomic mass is 9.94. The summed E-state index contributed by atoms with van der Waals surface area (Å²) in [7, 11) is 0. The van der Waals surface area contributed by atoms with Gasteiger partial charge in [-0.15, -0.1) is 0 Å². The maximum atomic E-state index is 11.5. The average Bonchev–Trinajstić information content (AvgIpc) is 2.81. The molecule has 4 nitrogen and oxygen atoms in total. The van der Waals surface area contributed by atoms with Crippen molar-refractivity contribution in [1.82, 2.24) is 14.9 Å². The van der Waals surface area contributed by atoms with Crippen LogP contribution in [0.5, 0.6) is 0 Å². The summed E-state index contributed by atoms with van der Waals surface area (Å²) >= 11 is 0. The quantitative estimate of drug-likeness (QED) is 0.748. The van der Waals surface area contributed by atoms with Crippen molar-refractivity contribution in [2.45, 2.75) is 19.3 Å². The highest BCUT2D eigenvalue weighted by molar-refractivity contribution is 5.76. The van der Waals surface area contributed by atoms with E-state index in [-0.39, 0.29) is 6.03 Å². The van der Waals surface area contributed by atoms with Crippen LogP contribution in [0.4, 0.5) is 4.79 Å². The van der Waals surface area contributed by atoms with E-state index < -0.39 is 0 Å². The standard InChI is InChI=1S/C11H15N3O/c15-11(14-7-6-12-9-14)13-8-10-4-2-1-3-5-10/h1-2,6-7,9-10H,3-5,8H2,(H,13,15). The molecule has 1 unspecified atom stereocenters. The van der Waals surface area contributed by atoms with Crippen molar-refractivity contribution in [1.29, 1.82) is 0 Å². The highest BCUT2D eigenvalue weighted by Gasteiger charge is 2.11. The van der Waals surface area contributed by atoms with E-state index in [1.54, 1.807) is 12.4 Å². The van der Waals surface area contributed by atoms with Crippen LogP contribution < -0.4 is 5.32 Å². The number of hydrogen-bond acceptors (Lipinski definition) is 2. The maximum absolute atomic E-state index is 11.5. The summed E-state index contributed by atoms with van der Waals surface area (Å²) in [6.45, 7) is 0.751. The zero-order valence-corrected chi connectivity index (χ0v) is 8.60. The van der Waals surface area contributed by atoms with Gasteiger partial charge in [-0.1, -0.05) is 12.2 Å². The van der Waals surface area contributed by atoms with E-state index in [9.17, 15) is 4.79 Å². The van der Waals surface area contributed by atoms with Gasteiger partial charge >= 0.3 is 6.03 Å². The fourth-order valence-electron chi connectivity index (χ4n) is 1.74. The molecule has 1 atom stereocenters. The number of nitrogens with one attached hydrogen (secondary N) is 1. The summed E-state index contributed by atoms with van der Waals surface area (Å²) in [5.41, 5.74) is 0. The molecule has 0 spiro atoms. The summed E-state index contributed by atoms with van der Waals surface area (Å²) in [4.78, 5) is 15.4. The van der Waals surface area contributed by atoms with Gasteiger partial charge in [0.2, 0.25) is 0 Å². The largest absolute Gasteiger partial charge is 0.337 e. The second kappa shape index (κ2) is 4.77. The lowest BCUT2D eigenvalue weighted by Gasteiger charge is -2.17. The van der Waals surface area contributed by atoms with Crippen molar-refractivity contribution in [3.8, 4) is 0 Å². The first kappa shape index (κ1) is 9.96. The number of carbonyl (C=O) groups excluding carboxylic acids is 1. The van der Waals surface area contributed by atoms with E-state index in [4.69, 9.17) is 0 Å². The zero-order chi connectivity index (χ0) is 10.5. The number of allylic oxidation sites excluding steroid dienone is 2. The van der Waals surface area contributed by atoms with Crippen LogP contribution in [0, 0.1) is 5.92 Å². The smallest absolute Gasteiger partial charge is 0.326 e. The molecule has 0 bridgehead atoms. The number of imidazole rings is 1. The summed E-state index contributed by atoms with van der Waals surface area (Å²) in [6, 6.07) is -0.0953. The van der Waals surface area contributed by atoms with Crippen molar-refractivity contribution >= 4 is 6.03 Å². The van der Waals surface area contributed by atoms with Crippen LogP contribution in [0.3, 0.4) is 0 Å². The maximum Gasteiger partial charge on any atom is 0.326 e. The van der Waals surface area contributed by atoms with Crippen LogP contribution in [-0.4, -0.2) is 22.1 Å². The number of amides is 1. The van der Waals surface area contributed by atoms with Crippen LogP contribution >= 0.6 is 0 Å².